The van der Waals surface area contributed by atoms with Crippen LogP contribution in [-0.2, 0) is 4.74 Å². The maximum atomic E-state index is 5.36. The molecule has 0 spiro atoms. The molecule has 0 aliphatic carbocycles. The molecule has 0 N–H and O–H groups in total. The van der Waals surface area contributed by atoms with E-state index in [9.17, 15) is 0 Å². The van der Waals surface area contributed by atoms with Crippen LogP contribution < -0.4 is 0 Å². The molecule has 0 saturated heterocycles. The van der Waals surface area contributed by atoms with Gasteiger partial charge in [-0.05, 0) is 32.0 Å². The molecule has 1 unspecified atom stereocenters. The van der Waals surface area contributed by atoms with Crippen molar-refractivity contribution >= 4 is 17.3 Å². The Kier molecular flexibility index (Phi) is 7.47. The molecule has 0 bridgehead atoms. The third-order valence-electron chi connectivity index (χ3n) is 1.83. The predicted octanol–water partition coefficient (Wildman–Crippen LogP) is 3.71. The Morgan fingerprint density at radius 2 is 2.00 bits per heavy atom. The molecule has 0 aliphatic heterocycles. The molecule has 0 fully saturated rings. The number of thiocarbonyl (C=S) groups is 1. The maximum absolute atomic E-state index is 5.36. The zero-order chi connectivity index (χ0) is 9.40. The fourth-order valence-electron chi connectivity index (χ4n) is 1.20. The number of unbranched alkanes of at least 4 members (excludes halogenated alkanes) is 3. The highest BCUT2D eigenvalue weighted by Gasteiger charge is 2.01. The molecular formula is C10H20OS. The van der Waals surface area contributed by atoms with Gasteiger partial charge in [0.2, 0.25) is 0 Å². The van der Waals surface area contributed by atoms with Crippen molar-refractivity contribution in [2.24, 2.45) is 0 Å². The van der Waals surface area contributed by atoms with Gasteiger partial charge in [0.25, 0.3) is 0 Å². The average molecular weight is 188 g/mol. The summed E-state index contributed by atoms with van der Waals surface area (Å²) in [7, 11) is 0. The van der Waals surface area contributed by atoms with Gasteiger partial charge < -0.3 is 4.74 Å². The Hall–Kier alpha value is -0.110. The first kappa shape index (κ1) is 11.9. The van der Waals surface area contributed by atoms with E-state index in [2.05, 4.69) is 13.8 Å². The maximum Gasteiger partial charge on any atom is 0.156 e. The molecule has 1 nitrogen and oxygen atoms in total. The number of hydrogen-bond acceptors (Lipinski definition) is 2. The van der Waals surface area contributed by atoms with Crippen molar-refractivity contribution in [1.82, 2.24) is 0 Å². The minimum Gasteiger partial charge on any atom is -0.485 e. The number of rotatable bonds is 6. The van der Waals surface area contributed by atoms with Crippen molar-refractivity contribution in [2.75, 3.05) is 0 Å². The van der Waals surface area contributed by atoms with Crippen LogP contribution in [0.4, 0.5) is 0 Å². The number of hydrogen-bond donors (Lipinski definition) is 0. The summed E-state index contributed by atoms with van der Waals surface area (Å²) < 4.78 is 5.36. The van der Waals surface area contributed by atoms with Gasteiger partial charge in [-0.3, -0.25) is 0 Å². The fraction of sp³-hybridized carbons (Fsp3) is 0.900. The van der Waals surface area contributed by atoms with Gasteiger partial charge in [-0.25, -0.2) is 0 Å². The molecule has 2 heteroatoms. The largest absolute Gasteiger partial charge is 0.485 e. The van der Waals surface area contributed by atoms with E-state index in [0.717, 1.165) is 6.42 Å². The smallest absolute Gasteiger partial charge is 0.156 e. The molecule has 0 amide bonds. The summed E-state index contributed by atoms with van der Waals surface area (Å²) in [6.07, 6.45) is 6.65. The Labute approximate surface area is 81.5 Å². The lowest BCUT2D eigenvalue weighted by Crippen LogP contribution is -2.10. The molecule has 1 atom stereocenters. The molecule has 0 aliphatic rings. The SMILES string of the molecule is CCCCCCC(C)OC(C)=S. The number of ether oxygens (including phenoxy) is 1. The van der Waals surface area contributed by atoms with Crippen LogP contribution in [-0.4, -0.2) is 11.2 Å². The van der Waals surface area contributed by atoms with E-state index in [1.807, 2.05) is 6.92 Å². The highest BCUT2D eigenvalue weighted by Crippen LogP contribution is 2.07. The van der Waals surface area contributed by atoms with Crippen molar-refractivity contribution in [3.63, 3.8) is 0 Å². The van der Waals surface area contributed by atoms with Crippen LogP contribution in [0.25, 0.3) is 0 Å². The quantitative estimate of drug-likeness (QED) is 0.464. The standard InChI is InChI=1S/C10H20OS/c1-4-5-6-7-8-9(2)11-10(3)12/h9H,4-8H2,1-3H3. The third kappa shape index (κ3) is 7.99. The van der Waals surface area contributed by atoms with Crippen molar-refractivity contribution in [1.29, 1.82) is 0 Å². The van der Waals surface area contributed by atoms with Gasteiger partial charge in [-0.2, -0.15) is 0 Å². The summed E-state index contributed by atoms with van der Waals surface area (Å²) >= 11 is 4.85. The lowest BCUT2D eigenvalue weighted by atomic mass is 10.1. The third-order valence-corrected chi connectivity index (χ3v) is 1.93. The first-order valence-electron chi connectivity index (χ1n) is 4.84. The zero-order valence-electron chi connectivity index (χ0n) is 8.43. The predicted molar refractivity (Wildman–Crippen MR) is 57.6 cm³/mol. The molecule has 0 aromatic heterocycles. The molecule has 0 radical (unpaired) electrons. The van der Waals surface area contributed by atoms with Gasteiger partial charge in [-0.1, -0.05) is 26.2 Å². The Bertz CT molecular complexity index is 123. The lowest BCUT2D eigenvalue weighted by molar-refractivity contribution is 0.197. The van der Waals surface area contributed by atoms with Crippen molar-refractivity contribution < 1.29 is 4.74 Å². The molecule has 0 aromatic rings. The van der Waals surface area contributed by atoms with E-state index in [1.165, 1.54) is 25.7 Å². The van der Waals surface area contributed by atoms with Crippen molar-refractivity contribution in [3.8, 4) is 0 Å². The van der Waals surface area contributed by atoms with Crippen LogP contribution in [0.1, 0.15) is 52.9 Å². The minimum atomic E-state index is 0.305. The summed E-state index contributed by atoms with van der Waals surface area (Å²) in [6, 6.07) is 0. The molecule has 0 rings (SSSR count). The van der Waals surface area contributed by atoms with E-state index in [-0.39, 0.29) is 0 Å². The van der Waals surface area contributed by atoms with Gasteiger partial charge in [0.05, 0.1) is 6.10 Å². The summed E-state index contributed by atoms with van der Waals surface area (Å²) in [5.74, 6) is 0. The molecule has 0 aromatic carbocycles. The monoisotopic (exact) mass is 188 g/mol. The van der Waals surface area contributed by atoms with Crippen LogP contribution in [0.15, 0.2) is 0 Å². The van der Waals surface area contributed by atoms with Crippen LogP contribution in [0.5, 0.6) is 0 Å². The first-order chi connectivity index (χ1) is 5.66. The van der Waals surface area contributed by atoms with Crippen LogP contribution in [0.2, 0.25) is 0 Å². The van der Waals surface area contributed by atoms with Crippen LogP contribution >= 0.6 is 12.2 Å². The normalized spacial score (nSPS) is 12.6. The van der Waals surface area contributed by atoms with Gasteiger partial charge in [0, 0.05) is 6.92 Å². The minimum absolute atomic E-state index is 0.305. The summed E-state index contributed by atoms with van der Waals surface area (Å²) in [6.45, 7) is 6.14. The fourth-order valence-corrected chi connectivity index (χ4v) is 1.37. The van der Waals surface area contributed by atoms with E-state index in [0.29, 0.717) is 11.2 Å². The van der Waals surface area contributed by atoms with Crippen LogP contribution in [0.3, 0.4) is 0 Å². The van der Waals surface area contributed by atoms with Gasteiger partial charge >= 0.3 is 0 Å². The van der Waals surface area contributed by atoms with E-state index < -0.39 is 0 Å². The summed E-state index contributed by atoms with van der Waals surface area (Å²) in [4.78, 5) is 0. The van der Waals surface area contributed by atoms with Crippen molar-refractivity contribution in [3.05, 3.63) is 0 Å². The van der Waals surface area contributed by atoms with E-state index in [1.54, 1.807) is 0 Å². The summed E-state index contributed by atoms with van der Waals surface area (Å²) in [5.41, 5.74) is 0. The first-order valence-corrected chi connectivity index (χ1v) is 5.24. The Morgan fingerprint density at radius 1 is 1.33 bits per heavy atom. The Morgan fingerprint density at radius 3 is 2.50 bits per heavy atom. The van der Waals surface area contributed by atoms with Gasteiger partial charge in [0.15, 0.2) is 5.05 Å². The van der Waals surface area contributed by atoms with Gasteiger partial charge in [0.1, 0.15) is 0 Å². The molecule has 12 heavy (non-hydrogen) atoms. The highest BCUT2D eigenvalue weighted by atomic mass is 32.1. The van der Waals surface area contributed by atoms with Crippen molar-refractivity contribution in [2.45, 2.75) is 59.0 Å². The zero-order valence-corrected chi connectivity index (χ0v) is 9.25. The molecule has 0 heterocycles. The highest BCUT2D eigenvalue weighted by molar-refractivity contribution is 7.80. The van der Waals surface area contributed by atoms with E-state index >= 15 is 0 Å². The second-order valence-corrected chi connectivity index (χ2v) is 3.84. The molecule has 0 saturated carbocycles. The topological polar surface area (TPSA) is 9.23 Å². The average Bonchev–Trinajstić information content (AvgIpc) is 1.97. The van der Waals surface area contributed by atoms with E-state index in [4.69, 9.17) is 17.0 Å². The Balaban J connectivity index is 3.19. The molecule has 72 valence electrons. The molecular weight excluding hydrogens is 168 g/mol. The van der Waals surface area contributed by atoms with Gasteiger partial charge in [-0.15, -0.1) is 0 Å². The summed E-state index contributed by atoms with van der Waals surface area (Å²) in [5, 5.41) is 0.665. The second kappa shape index (κ2) is 7.53. The second-order valence-electron chi connectivity index (χ2n) is 3.27. The lowest BCUT2D eigenvalue weighted by Gasteiger charge is -2.12. The van der Waals surface area contributed by atoms with Crippen LogP contribution in [0, 0.1) is 0 Å².